The molecule has 17 heavy (non-hydrogen) atoms. The van der Waals surface area contributed by atoms with E-state index in [9.17, 15) is 0 Å². The minimum Gasteiger partial charge on any atom is -0.397 e. The molecule has 0 bridgehead atoms. The van der Waals surface area contributed by atoms with Gasteiger partial charge in [-0.15, -0.1) is 11.3 Å². The third-order valence-electron chi connectivity index (χ3n) is 3.53. The van der Waals surface area contributed by atoms with Gasteiger partial charge in [0, 0.05) is 4.88 Å². The number of halogens is 1. The molecule has 1 aromatic carbocycles. The first-order valence-electron chi connectivity index (χ1n) is 5.86. The number of thiophene rings is 1. The summed E-state index contributed by atoms with van der Waals surface area (Å²) in [6.45, 7) is 0. The molecule has 88 valence electrons. The number of hydrogen-bond donors (Lipinski definition) is 1. The van der Waals surface area contributed by atoms with Gasteiger partial charge in [0.25, 0.3) is 0 Å². The Bertz CT molecular complexity index is 533. The van der Waals surface area contributed by atoms with E-state index in [2.05, 4.69) is 30.3 Å². The van der Waals surface area contributed by atoms with Gasteiger partial charge in [-0.05, 0) is 36.3 Å². The molecule has 0 fully saturated rings. The van der Waals surface area contributed by atoms with Crippen molar-refractivity contribution in [1.29, 1.82) is 0 Å². The third-order valence-corrected chi connectivity index (χ3v) is 5.03. The van der Waals surface area contributed by atoms with Gasteiger partial charge in [-0.3, -0.25) is 0 Å². The van der Waals surface area contributed by atoms with Gasteiger partial charge in [0.2, 0.25) is 0 Å². The van der Waals surface area contributed by atoms with Crippen LogP contribution in [0.15, 0.2) is 30.3 Å². The lowest BCUT2D eigenvalue weighted by Gasteiger charge is -2.22. The largest absolute Gasteiger partial charge is 0.397 e. The number of nitrogen functional groups attached to an aromatic ring is 1. The second-order valence-corrected chi connectivity index (χ2v) is 6.25. The van der Waals surface area contributed by atoms with E-state index in [4.69, 9.17) is 17.3 Å². The molecule has 0 saturated heterocycles. The van der Waals surface area contributed by atoms with Crippen LogP contribution in [0.5, 0.6) is 0 Å². The quantitative estimate of drug-likeness (QED) is 0.818. The fourth-order valence-corrected chi connectivity index (χ4v) is 4.05. The number of fused-ring (bicyclic) bond motifs is 1. The van der Waals surface area contributed by atoms with Crippen LogP contribution in [-0.4, -0.2) is 0 Å². The molecule has 0 amide bonds. The highest BCUT2D eigenvalue weighted by Crippen LogP contribution is 2.43. The second kappa shape index (κ2) is 4.35. The molecule has 1 unspecified atom stereocenters. The third kappa shape index (κ3) is 1.96. The van der Waals surface area contributed by atoms with E-state index in [-0.39, 0.29) is 0 Å². The summed E-state index contributed by atoms with van der Waals surface area (Å²) in [4.78, 5) is 1.38. The standard InChI is InChI=1S/C14H14ClNS/c15-14-13(16)11-7-6-10(8-12(11)17-14)9-4-2-1-3-5-9/h1-5,10H,6-8,16H2. The van der Waals surface area contributed by atoms with Crippen LogP contribution >= 0.6 is 22.9 Å². The summed E-state index contributed by atoms with van der Waals surface area (Å²) < 4.78 is 0.767. The van der Waals surface area contributed by atoms with Gasteiger partial charge >= 0.3 is 0 Å². The Morgan fingerprint density at radius 3 is 2.76 bits per heavy atom. The van der Waals surface area contributed by atoms with E-state index in [0.29, 0.717) is 5.92 Å². The maximum atomic E-state index is 6.11. The molecule has 3 heteroatoms. The Morgan fingerprint density at radius 1 is 1.24 bits per heavy atom. The molecule has 0 saturated carbocycles. The highest BCUT2D eigenvalue weighted by Gasteiger charge is 2.24. The van der Waals surface area contributed by atoms with Crippen molar-refractivity contribution in [3.05, 3.63) is 50.7 Å². The van der Waals surface area contributed by atoms with Gasteiger partial charge in [0.05, 0.1) is 5.69 Å². The molecule has 3 rings (SSSR count). The molecule has 1 atom stereocenters. The maximum absolute atomic E-state index is 6.11. The Balaban J connectivity index is 1.91. The molecule has 0 aliphatic heterocycles. The zero-order valence-electron chi connectivity index (χ0n) is 9.45. The fourth-order valence-electron chi connectivity index (χ4n) is 2.59. The zero-order valence-corrected chi connectivity index (χ0v) is 11.0. The summed E-state index contributed by atoms with van der Waals surface area (Å²) >= 11 is 7.76. The Hall–Kier alpha value is -0.990. The molecule has 1 nitrogen and oxygen atoms in total. The van der Waals surface area contributed by atoms with Gasteiger partial charge in [0.15, 0.2) is 0 Å². The lowest BCUT2D eigenvalue weighted by atomic mass is 9.84. The predicted molar refractivity (Wildman–Crippen MR) is 74.9 cm³/mol. The second-order valence-electron chi connectivity index (χ2n) is 4.54. The Labute approximate surface area is 110 Å². The highest BCUT2D eigenvalue weighted by atomic mass is 35.5. The molecule has 2 aromatic rings. The van der Waals surface area contributed by atoms with Crippen LogP contribution in [-0.2, 0) is 12.8 Å². The van der Waals surface area contributed by atoms with Crippen molar-refractivity contribution in [3.8, 4) is 0 Å². The van der Waals surface area contributed by atoms with Gasteiger partial charge in [0.1, 0.15) is 4.34 Å². The van der Waals surface area contributed by atoms with E-state index in [1.165, 1.54) is 22.4 Å². The van der Waals surface area contributed by atoms with Crippen LogP contribution in [0, 0.1) is 0 Å². The summed E-state index contributed by atoms with van der Waals surface area (Å²) in [5.41, 5.74) is 9.53. The number of hydrogen-bond acceptors (Lipinski definition) is 2. The van der Waals surface area contributed by atoms with E-state index in [1.54, 1.807) is 11.3 Å². The van der Waals surface area contributed by atoms with Crippen LogP contribution in [0.25, 0.3) is 0 Å². The van der Waals surface area contributed by atoms with Gasteiger partial charge in [-0.1, -0.05) is 41.9 Å². The smallest absolute Gasteiger partial charge is 0.116 e. The van der Waals surface area contributed by atoms with E-state index in [1.807, 2.05) is 0 Å². The first kappa shape index (κ1) is 11.1. The van der Waals surface area contributed by atoms with Crippen molar-refractivity contribution in [2.45, 2.75) is 25.2 Å². The number of anilines is 1. The van der Waals surface area contributed by atoms with Crippen LogP contribution in [0.2, 0.25) is 4.34 Å². The average molecular weight is 264 g/mol. The van der Waals surface area contributed by atoms with Crippen molar-refractivity contribution in [1.82, 2.24) is 0 Å². The van der Waals surface area contributed by atoms with Gasteiger partial charge < -0.3 is 5.73 Å². The molecule has 1 heterocycles. The molecular weight excluding hydrogens is 250 g/mol. The van der Waals surface area contributed by atoms with Gasteiger partial charge in [-0.2, -0.15) is 0 Å². The summed E-state index contributed by atoms with van der Waals surface area (Å²) in [6.07, 6.45) is 3.32. The first-order valence-corrected chi connectivity index (χ1v) is 7.05. The SMILES string of the molecule is Nc1c(Cl)sc2c1CCC(c1ccccc1)C2. The fraction of sp³-hybridized carbons (Fsp3) is 0.286. The molecule has 0 radical (unpaired) electrons. The van der Waals surface area contributed by atoms with Gasteiger partial charge in [-0.25, -0.2) is 0 Å². The number of benzene rings is 1. The summed E-state index contributed by atoms with van der Waals surface area (Å²) in [6, 6.07) is 10.7. The van der Waals surface area contributed by atoms with E-state index >= 15 is 0 Å². The lowest BCUT2D eigenvalue weighted by molar-refractivity contribution is 0.594. The summed E-state index contributed by atoms with van der Waals surface area (Å²) in [7, 11) is 0. The van der Waals surface area contributed by atoms with Crippen molar-refractivity contribution in [3.63, 3.8) is 0 Å². The van der Waals surface area contributed by atoms with Crippen molar-refractivity contribution >= 4 is 28.6 Å². The Kier molecular flexibility index (Phi) is 2.85. The molecule has 0 spiro atoms. The topological polar surface area (TPSA) is 26.0 Å². The normalized spacial score (nSPS) is 19.0. The summed E-state index contributed by atoms with van der Waals surface area (Å²) in [5, 5.41) is 0. The van der Waals surface area contributed by atoms with Crippen molar-refractivity contribution < 1.29 is 0 Å². The Morgan fingerprint density at radius 2 is 2.00 bits per heavy atom. The van der Waals surface area contributed by atoms with E-state index < -0.39 is 0 Å². The number of nitrogens with two attached hydrogens (primary N) is 1. The highest BCUT2D eigenvalue weighted by molar-refractivity contribution is 7.17. The zero-order chi connectivity index (χ0) is 11.8. The van der Waals surface area contributed by atoms with Crippen molar-refractivity contribution in [2.24, 2.45) is 0 Å². The molecule has 1 aliphatic carbocycles. The minimum atomic E-state index is 0.623. The number of rotatable bonds is 1. The maximum Gasteiger partial charge on any atom is 0.116 e. The van der Waals surface area contributed by atoms with Crippen molar-refractivity contribution in [2.75, 3.05) is 5.73 Å². The van der Waals surface area contributed by atoms with Crippen LogP contribution in [0.4, 0.5) is 5.69 Å². The molecular formula is C14H14ClNS. The average Bonchev–Trinajstić information content (AvgIpc) is 2.66. The van der Waals surface area contributed by atoms with E-state index in [0.717, 1.165) is 22.9 Å². The monoisotopic (exact) mass is 263 g/mol. The summed E-state index contributed by atoms with van der Waals surface area (Å²) in [5.74, 6) is 0.623. The lowest BCUT2D eigenvalue weighted by Crippen LogP contribution is -2.11. The molecule has 2 N–H and O–H groups in total. The minimum absolute atomic E-state index is 0.623. The van der Waals surface area contributed by atoms with Crippen LogP contribution < -0.4 is 5.73 Å². The molecule has 1 aromatic heterocycles. The predicted octanol–water partition coefficient (Wildman–Crippen LogP) is 4.26. The van der Waals surface area contributed by atoms with Crippen LogP contribution in [0.1, 0.15) is 28.3 Å². The molecule has 1 aliphatic rings. The first-order chi connectivity index (χ1) is 8.25. The van der Waals surface area contributed by atoms with Crippen LogP contribution in [0.3, 0.4) is 0 Å².